The molecule has 54 valence electrons. The quantitative estimate of drug-likeness (QED) is 0.501. The molecule has 0 aromatic heterocycles. The number of hydrogen-bond acceptors (Lipinski definition) is 1. The van der Waals surface area contributed by atoms with Gasteiger partial charge >= 0.3 is 0 Å². The molecule has 1 unspecified atom stereocenters. The molecule has 0 amide bonds. The van der Waals surface area contributed by atoms with E-state index in [1.807, 2.05) is 0 Å². The van der Waals surface area contributed by atoms with Crippen LogP contribution in [0.4, 0.5) is 0 Å². The van der Waals surface area contributed by atoms with Crippen LogP contribution < -0.4 is 0 Å². The van der Waals surface area contributed by atoms with Crippen molar-refractivity contribution in [2.24, 2.45) is 11.8 Å². The molecule has 0 aromatic rings. The lowest BCUT2D eigenvalue weighted by Crippen LogP contribution is -2.11. The summed E-state index contributed by atoms with van der Waals surface area (Å²) in [7, 11) is 0. The molecule has 0 saturated heterocycles. The van der Waals surface area contributed by atoms with Gasteiger partial charge in [0.15, 0.2) is 0 Å². The van der Waals surface area contributed by atoms with Crippen LogP contribution >= 0.6 is 0 Å². The van der Waals surface area contributed by atoms with Gasteiger partial charge in [0, 0.05) is 18.8 Å². The van der Waals surface area contributed by atoms with Crippen LogP contribution in [0.3, 0.4) is 0 Å². The van der Waals surface area contributed by atoms with Crippen molar-refractivity contribution >= 4 is 5.78 Å². The van der Waals surface area contributed by atoms with E-state index in [1.54, 1.807) is 0 Å². The van der Waals surface area contributed by atoms with Crippen LogP contribution in [-0.4, -0.2) is 5.78 Å². The topological polar surface area (TPSA) is 17.1 Å². The average Bonchev–Trinajstić information content (AvgIpc) is 2.20. The van der Waals surface area contributed by atoms with Gasteiger partial charge in [0.2, 0.25) is 0 Å². The van der Waals surface area contributed by atoms with Crippen molar-refractivity contribution in [3.63, 3.8) is 0 Å². The molecule has 0 radical (unpaired) electrons. The lowest BCUT2D eigenvalue weighted by molar-refractivity contribution is -0.121. The summed E-state index contributed by atoms with van der Waals surface area (Å²) in [5.74, 6) is 3.60. The number of hydrogen-bond donors (Lipinski definition) is 0. The molecule has 1 saturated carbocycles. The number of Topliss-reactive ketones (excluding diaryl/α,β-unsaturated/α-hetero) is 1. The van der Waals surface area contributed by atoms with E-state index in [0.29, 0.717) is 18.1 Å². The summed E-state index contributed by atoms with van der Waals surface area (Å²) in [5, 5.41) is 0. The second-order valence-corrected chi connectivity index (χ2v) is 3.00. The van der Waals surface area contributed by atoms with E-state index in [4.69, 9.17) is 6.42 Å². The average molecular weight is 136 g/mol. The molecular weight excluding hydrogens is 124 g/mol. The fraction of sp³-hybridized carbons (Fsp3) is 0.667. The molecule has 0 aromatic carbocycles. The Kier molecular flexibility index (Phi) is 2.11. The smallest absolute Gasteiger partial charge is 0.137 e. The standard InChI is InChI=1S/C9H12O/c1-3-4-8-7(2)5-6-9(8)10/h1,7-8H,4-6H2,2H3/t7-,8?/m0/s1. The third-order valence-corrected chi connectivity index (χ3v) is 2.28. The number of carbonyl (C=O) groups excluding carboxylic acids is 1. The van der Waals surface area contributed by atoms with E-state index in [1.165, 1.54) is 0 Å². The van der Waals surface area contributed by atoms with Crippen LogP contribution in [0.1, 0.15) is 26.2 Å². The highest BCUT2D eigenvalue weighted by Crippen LogP contribution is 2.29. The number of ketones is 1. The van der Waals surface area contributed by atoms with E-state index in [-0.39, 0.29) is 5.92 Å². The van der Waals surface area contributed by atoms with Crippen LogP contribution in [0.15, 0.2) is 0 Å². The minimum Gasteiger partial charge on any atom is -0.299 e. The molecule has 10 heavy (non-hydrogen) atoms. The van der Waals surface area contributed by atoms with E-state index in [9.17, 15) is 4.79 Å². The van der Waals surface area contributed by atoms with Crippen molar-refractivity contribution in [3.8, 4) is 12.3 Å². The normalized spacial score (nSPS) is 32.2. The van der Waals surface area contributed by atoms with Crippen molar-refractivity contribution < 1.29 is 4.79 Å². The molecule has 0 N–H and O–H groups in total. The molecular formula is C9H12O. The van der Waals surface area contributed by atoms with E-state index in [2.05, 4.69) is 12.8 Å². The maximum absolute atomic E-state index is 11.1. The Morgan fingerprint density at radius 1 is 1.80 bits per heavy atom. The monoisotopic (exact) mass is 136 g/mol. The molecule has 0 bridgehead atoms. The zero-order valence-electron chi connectivity index (χ0n) is 6.26. The third kappa shape index (κ3) is 1.21. The summed E-state index contributed by atoms with van der Waals surface area (Å²) in [6.45, 7) is 2.10. The Bertz CT molecular complexity index is 176. The highest BCUT2D eigenvalue weighted by atomic mass is 16.1. The predicted molar refractivity (Wildman–Crippen MR) is 40.3 cm³/mol. The van der Waals surface area contributed by atoms with Crippen molar-refractivity contribution in [1.29, 1.82) is 0 Å². The maximum Gasteiger partial charge on any atom is 0.137 e. The minimum absolute atomic E-state index is 0.171. The first-order chi connectivity index (χ1) is 4.75. The molecule has 1 nitrogen and oxygen atoms in total. The van der Waals surface area contributed by atoms with Gasteiger partial charge < -0.3 is 0 Å². The summed E-state index contributed by atoms with van der Waals surface area (Å²) in [4.78, 5) is 11.1. The first-order valence-corrected chi connectivity index (χ1v) is 3.72. The van der Waals surface area contributed by atoms with Crippen LogP contribution in [0, 0.1) is 24.2 Å². The summed E-state index contributed by atoms with van der Waals surface area (Å²) in [6.07, 6.45) is 7.55. The fourth-order valence-electron chi connectivity index (χ4n) is 1.52. The van der Waals surface area contributed by atoms with Gasteiger partial charge in [-0.15, -0.1) is 12.3 Å². The molecule has 1 rings (SSSR count). The first-order valence-electron chi connectivity index (χ1n) is 3.72. The highest BCUT2D eigenvalue weighted by molar-refractivity contribution is 5.83. The van der Waals surface area contributed by atoms with Crippen molar-refractivity contribution in [2.75, 3.05) is 0 Å². The second-order valence-electron chi connectivity index (χ2n) is 3.00. The maximum atomic E-state index is 11.1. The molecule has 0 aliphatic heterocycles. The Labute approximate surface area is 61.8 Å². The van der Waals surface area contributed by atoms with Crippen LogP contribution in [-0.2, 0) is 4.79 Å². The summed E-state index contributed by atoms with van der Waals surface area (Å²) >= 11 is 0. The van der Waals surface area contributed by atoms with Gasteiger partial charge in [0.25, 0.3) is 0 Å². The summed E-state index contributed by atoms with van der Waals surface area (Å²) in [6, 6.07) is 0. The van der Waals surface area contributed by atoms with Crippen LogP contribution in [0.25, 0.3) is 0 Å². The van der Waals surface area contributed by atoms with E-state index < -0.39 is 0 Å². The number of carbonyl (C=O) groups is 1. The Morgan fingerprint density at radius 2 is 2.50 bits per heavy atom. The van der Waals surface area contributed by atoms with Crippen LogP contribution in [0.2, 0.25) is 0 Å². The third-order valence-electron chi connectivity index (χ3n) is 2.28. The van der Waals surface area contributed by atoms with Gasteiger partial charge in [0.05, 0.1) is 0 Å². The van der Waals surface area contributed by atoms with Crippen molar-refractivity contribution in [1.82, 2.24) is 0 Å². The molecule has 1 heteroatoms. The molecule has 0 spiro atoms. The zero-order chi connectivity index (χ0) is 7.56. The Morgan fingerprint density at radius 3 is 2.90 bits per heavy atom. The SMILES string of the molecule is C#CCC1C(=O)CC[C@@H]1C. The van der Waals surface area contributed by atoms with Gasteiger partial charge in [-0.05, 0) is 12.3 Å². The number of terminal acetylenes is 1. The van der Waals surface area contributed by atoms with Gasteiger partial charge in [-0.3, -0.25) is 4.79 Å². The lowest BCUT2D eigenvalue weighted by atomic mass is 9.95. The molecule has 1 aliphatic carbocycles. The number of rotatable bonds is 1. The molecule has 2 atom stereocenters. The lowest BCUT2D eigenvalue weighted by Gasteiger charge is -2.08. The largest absolute Gasteiger partial charge is 0.299 e. The molecule has 1 fully saturated rings. The van der Waals surface area contributed by atoms with E-state index in [0.717, 1.165) is 12.8 Å². The Balaban J connectivity index is 2.56. The van der Waals surface area contributed by atoms with Crippen LogP contribution in [0.5, 0.6) is 0 Å². The predicted octanol–water partition coefficient (Wildman–Crippen LogP) is 1.62. The molecule has 1 aliphatic rings. The Hall–Kier alpha value is -0.770. The van der Waals surface area contributed by atoms with Gasteiger partial charge in [-0.1, -0.05) is 6.92 Å². The fourth-order valence-corrected chi connectivity index (χ4v) is 1.52. The highest BCUT2D eigenvalue weighted by Gasteiger charge is 2.30. The van der Waals surface area contributed by atoms with E-state index >= 15 is 0 Å². The van der Waals surface area contributed by atoms with Crippen molar-refractivity contribution in [3.05, 3.63) is 0 Å². The summed E-state index contributed by atoms with van der Waals surface area (Å²) < 4.78 is 0. The minimum atomic E-state index is 0.171. The van der Waals surface area contributed by atoms with Gasteiger partial charge in [-0.25, -0.2) is 0 Å². The second kappa shape index (κ2) is 2.88. The zero-order valence-corrected chi connectivity index (χ0v) is 6.26. The molecule has 0 heterocycles. The summed E-state index contributed by atoms with van der Waals surface area (Å²) in [5.41, 5.74) is 0. The van der Waals surface area contributed by atoms with Gasteiger partial charge in [-0.2, -0.15) is 0 Å². The van der Waals surface area contributed by atoms with Gasteiger partial charge in [0.1, 0.15) is 5.78 Å². The first kappa shape index (κ1) is 7.34. The van der Waals surface area contributed by atoms with Crippen molar-refractivity contribution in [2.45, 2.75) is 26.2 Å².